The number of allylic oxidation sites excluding steroid dienone is 1. The molecule has 9 heteroatoms. The molecule has 1 fully saturated rings. The molecule has 1 rings (SSSR count). The van der Waals surface area contributed by atoms with Gasteiger partial charge in [-0.1, -0.05) is 296 Å². The van der Waals surface area contributed by atoms with Crippen molar-refractivity contribution in [3.8, 4) is 0 Å². The molecule has 0 bridgehead atoms. The van der Waals surface area contributed by atoms with Crippen molar-refractivity contribution >= 4 is 5.91 Å². The Balaban J connectivity index is 2.15. The van der Waals surface area contributed by atoms with Crippen LogP contribution in [0.15, 0.2) is 12.2 Å². The lowest BCUT2D eigenvalue weighted by molar-refractivity contribution is -0.302. The zero-order chi connectivity index (χ0) is 50.1. The molecule has 1 aliphatic heterocycles. The molecule has 69 heavy (non-hydrogen) atoms. The highest BCUT2D eigenvalue weighted by Crippen LogP contribution is 2.23. The Kier molecular flexibility index (Phi) is 48.2. The molecule has 410 valence electrons. The molecule has 1 amide bonds. The molecule has 0 aromatic rings. The van der Waals surface area contributed by atoms with Gasteiger partial charge in [-0.15, -0.1) is 0 Å². The first-order valence-corrected chi connectivity index (χ1v) is 30.4. The Hall–Kier alpha value is -1.07. The fourth-order valence-corrected chi connectivity index (χ4v) is 10.0. The molecule has 0 spiro atoms. The van der Waals surface area contributed by atoms with Crippen LogP contribution in [-0.4, -0.2) is 87.5 Å². The third-order valence-corrected chi connectivity index (χ3v) is 14.9. The van der Waals surface area contributed by atoms with E-state index in [-0.39, 0.29) is 12.5 Å². The number of hydrogen-bond donors (Lipinski definition) is 6. The number of aliphatic hydroxyl groups excluding tert-OH is 5. The molecule has 7 unspecified atom stereocenters. The molecular formula is C60H117NO8. The number of unbranched alkanes of at least 4 members (excludes halogenated alkanes) is 43. The predicted molar refractivity (Wildman–Crippen MR) is 291 cm³/mol. The van der Waals surface area contributed by atoms with Gasteiger partial charge >= 0.3 is 0 Å². The summed E-state index contributed by atoms with van der Waals surface area (Å²) in [6.07, 6.45) is 55.8. The van der Waals surface area contributed by atoms with Gasteiger partial charge in [0.1, 0.15) is 24.4 Å². The second-order valence-electron chi connectivity index (χ2n) is 21.5. The Labute approximate surface area is 426 Å². The lowest BCUT2D eigenvalue weighted by atomic mass is 9.99. The topological polar surface area (TPSA) is 149 Å². The van der Waals surface area contributed by atoms with Crippen LogP contribution in [0, 0.1) is 0 Å². The lowest BCUT2D eigenvalue weighted by Gasteiger charge is -2.40. The van der Waals surface area contributed by atoms with E-state index in [1.54, 1.807) is 6.08 Å². The minimum absolute atomic E-state index is 0.170. The number of nitrogens with one attached hydrogen (secondary N) is 1. The van der Waals surface area contributed by atoms with Gasteiger partial charge < -0.3 is 40.3 Å². The van der Waals surface area contributed by atoms with Crippen molar-refractivity contribution in [3.63, 3.8) is 0 Å². The van der Waals surface area contributed by atoms with E-state index in [1.807, 2.05) is 6.08 Å². The molecule has 7 atom stereocenters. The maximum Gasteiger partial charge on any atom is 0.220 e. The monoisotopic (exact) mass is 980 g/mol. The third kappa shape index (κ3) is 40.1. The summed E-state index contributed by atoms with van der Waals surface area (Å²) in [6, 6.07) is -0.800. The maximum atomic E-state index is 13.0. The van der Waals surface area contributed by atoms with Crippen LogP contribution in [0.3, 0.4) is 0 Å². The van der Waals surface area contributed by atoms with Crippen molar-refractivity contribution in [2.45, 2.75) is 352 Å². The quantitative estimate of drug-likeness (QED) is 0.0261. The van der Waals surface area contributed by atoms with Crippen LogP contribution in [-0.2, 0) is 14.3 Å². The number of aliphatic hydroxyl groups is 5. The van der Waals surface area contributed by atoms with Gasteiger partial charge in [0.15, 0.2) is 6.29 Å². The van der Waals surface area contributed by atoms with E-state index in [9.17, 15) is 30.3 Å². The molecule has 9 nitrogen and oxygen atoms in total. The zero-order valence-corrected chi connectivity index (χ0v) is 45.6. The lowest BCUT2D eigenvalue weighted by Crippen LogP contribution is -2.60. The van der Waals surface area contributed by atoms with Crippen LogP contribution in [0.25, 0.3) is 0 Å². The van der Waals surface area contributed by atoms with Crippen molar-refractivity contribution in [1.29, 1.82) is 0 Å². The van der Waals surface area contributed by atoms with E-state index in [2.05, 4.69) is 19.2 Å². The summed E-state index contributed by atoms with van der Waals surface area (Å²) in [7, 11) is 0. The first kappa shape index (κ1) is 65.9. The first-order valence-electron chi connectivity index (χ1n) is 30.4. The highest BCUT2D eigenvalue weighted by molar-refractivity contribution is 5.76. The summed E-state index contributed by atoms with van der Waals surface area (Å²) in [5.41, 5.74) is 0. The molecule has 0 aromatic carbocycles. The largest absolute Gasteiger partial charge is 0.394 e. The van der Waals surface area contributed by atoms with E-state index in [4.69, 9.17) is 9.47 Å². The van der Waals surface area contributed by atoms with Crippen LogP contribution >= 0.6 is 0 Å². The number of amides is 1. The van der Waals surface area contributed by atoms with Crippen molar-refractivity contribution in [2.75, 3.05) is 13.2 Å². The van der Waals surface area contributed by atoms with Crippen molar-refractivity contribution < 1.29 is 39.8 Å². The molecule has 0 aromatic heterocycles. The van der Waals surface area contributed by atoms with Gasteiger partial charge in [0, 0.05) is 6.42 Å². The van der Waals surface area contributed by atoms with Gasteiger partial charge in [0.25, 0.3) is 0 Å². The van der Waals surface area contributed by atoms with Gasteiger partial charge in [-0.2, -0.15) is 0 Å². The van der Waals surface area contributed by atoms with Crippen LogP contribution in [0.4, 0.5) is 0 Å². The minimum Gasteiger partial charge on any atom is -0.394 e. The fraction of sp³-hybridized carbons (Fsp3) is 0.950. The van der Waals surface area contributed by atoms with E-state index in [0.29, 0.717) is 6.42 Å². The molecular weight excluding hydrogens is 863 g/mol. The second-order valence-corrected chi connectivity index (χ2v) is 21.5. The Morgan fingerprint density at radius 3 is 1.13 bits per heavy atom. The van der Waals surface area contributed by atoms with Crippen molar-refractivity contribution in [3.05, 3.63) is 12.2 Å². The zero-order valence-electron chi connectivity index (χ0n) is 45.6. The minimum atomic E-state index is -1.56. The summed E-state index contributed by atoms with van der Waals surface area (Å²) in [5.74, 6) is -0.170. The van der Waals surface area contributed by atoms with Gasteiger partial charge in [-0.25, -0.2) is 0 Å². The van der Waals surface area contributed by atoms with E-state index < -0.39 is 49.5 Å². The average molecular weight is 981 g/mol. The van der Waals surface area contributed by atoms with Gasteiger partial charge in [-0.3, -0.25) is 4.79 Å². The first-order chi connectivity index (χ1) is 33.8. The van der Waals surface area contributed by atoms with Crippen LogP contribution < -0.4 is 5.32 Å². The molecule has 0 radical (unpaired) electrons. The van der Waals surface area contributed by atoms with Gasteiger partial charge in [0.05, 0.1) is 25.4 Å². The number of carbonyl (C=O) groups excluding carboxylic acids is 1. The number of carbonyl (C=O) groups is 1. The number of rotatable bonds is 53. The Morgan fingerprint density at radius 1 is 0.478 bits per heavy atom. The Bertz CT molecular complexity index is 1090. The molecule has 1 saturated heterocycles. The normalized spacial score (nSPS) is 19.4. The number of ether oxygens (including phenoxy) is 2. The van der Waals surface area contributed by atoms with E-state index >= 15 is 0 Å². The highest BCUT2D eigenvalue weighted by Gasteiger charge is 2.44. The van der Waals surface area contributed by atoms with Crippen LogP contribution in [0.5, 0.6) is 0 Å². The van der Waals surface area contributed by atoms with E-state index in [0.717, 1.165) is 38.5 Å². The molecule has 1 heterocycles. The molecule has 0 saturated carbocycles. The Morgan fingerprint density at radius 2 is 0.797 bits per heavy atom. The summed E-state index contributed by atoms with van der Waals surface area (Å²) in [6.45, 7) is 3.82. The smallest absolute Gasteiger partial charge is 0.220 e. The molecule has 6 N–H and O–H groups in total. The van der Waals surface area contributed by atoms with E-state index in [1.165, 1.54) is 250 Å². The van der Waals surface area contributed by atoms with Gasteiger partial charge in [0.2, 0.25) is 5.91 Å². The van der Waals surface area contributed by atoms with Gasteiger partial charge in [-0.05, 0) is 19.3 Å². The summed E-state index contributed by atoms with van der Waals surface area (Å²) >= 11 is 0. The van der Waals surface area contributed by atoms with Crippen LogP contribution in [0.2, 0.25) is 0 Å². The van der Waals surface area contributed by atoms with Crippen LogP contribution in [0.1, 0.15) is 309 Å². The predicted octanol–water partition coefficient (Wildman–Crippen LogP) is 15.2. The number of hydrogen-bond acceptors (Lipinski definition) is 8. The molecule has 0 aliphatic carbocycles. The SMILES string of the molecule is CCCCCCCCCCCCCCCCCCCCCCCCCCCCCC/C=C/C(O)C(COC1OC(CO)C(O)C(O)C1O)NC(=O)CCCCCCCCCCCCCCCCCC. The second kappa shape index (κ2) is 50.5. The third-order valence-electron chi connectivity index (χ3n) is 14.9. The fourth-order valence-electron chi connectivity index (χ4n) is 10.0. The van der Waals surface area contributed by atoms with Crippen molar-refractivity contribution in [1.82, 2.24) is 5.32 Å². The average Bonchev–Trinajstić information content (AvgIpc) is 3.35. The van der Waals surface area contributed by atoms with Crippen molar-refractivity contribution in [2.24, 2.45) is 0 Å². The summed E-state index contributed by atoms with van der Waals surface area (Å²) in [4.78, 5) is 13.0. The highest BCUT2D eigenvalue weighted by atomic mass is 16.7. The maximum absolute atomic E-state index is 13.0. The summed E-state index contributed by atoms with van der Waals surface area (Å²) in [5, 5.41) is 54.5. The molecule has 1 aliphatic rings. The standard InChI is InChI=1S/C60H117NO8/c1-3-5-7-9-11-13-15-17-19-21-22-23-24-25-26-27-28-29-30-31-32-33-34-35-37-39-41-43-45-47-49-54(63)53(52-68-60-59(67)58(66)57(65)55(51-62)69-60)61-56(64)50-48-46-44-42-40-38-36-20-18-16-14-12-10-8-6-4-2/h47,49,53-55,57-60,62-63,65-67H,3-46,48,50-52H2,1-2H3,(H,61,64)/b49-47+. The summed E-state index contributed by atoms with van der Waals surface area (Å²) < 4.78 is 11.3.